The van der Waals surface area contributed by atoms with E-state index in [0.717, 1.165) is 0 Å². The van der Waals surface area contributed by atoms with Crippen LogP contribution in [0, 0.1) is 5.92 Å². The highest BCUT2D eigenvalue weighted by atomic mass is 16.3. The number of nitrogens with zero attached hydrogens (tertiary/aromatic N) is 1. The van der Waals surface area contributed by atoms with Crippen LogP contribution < -0.4 is 0 Å². The quantitative estimate of drug-likeness (QED) is 0.635. The van der Waals surface area contributed by atoms with Crippen molar-refractivity contribution < 1.29 is 10.2 Å². The predicted octanol–water partition coefficient (Wildman–Crippen LogP) is 0.0699. The minimum atomic E-state index is -0.510. The van der Waals surface area contributed by atoms with Crippen LogP contribution in [0.15, 0.2) is 0 Å². The van der Waals surface area contributed by atoms with Crippen LogP contribution in [-0.4, -0.2) is 46.5 Å². The van der Waals surface area contributed by atoms with E-state index < -0.39 is 5.60 Å². The predicted molar refractivity (Wildman–Crippen MR) is 47.9 cm³/mol. The number of likely N-dealkylation sites (tertiary alicyclic amines) is 1. The molecule has 1 aliphatic heterocycles. The molecule has 2 N–H and O–H groups in total. The van der Waals surface area contributed by atoms with Crippen LogP contribution in [0.1, 0.15) is 20.8 Å². The molecule has 1 unspecified atom stereocenters. The minimum Gasteiger partial charge on any atom is -0.395 e. The van der Waals surface area contributed by atoms with Crippen molar-refractivity contribution in [2.24, 2.45) is 5.92 Å². The van der Waals surface area contributed by atoms with Crippen LogP contribution >= 0.6 is 0 Å². The van der Waals surface area contributed by atoms with Gasteiger partial charge in [-0.1, -0.05) is 13.8 Å². The van der Waals surface area contributed by atoms with Gasteiger partial charge in [0.05, 0.1) is 12.2 Å². The lowest BCUT2D eigenvalue weighted by Crippen LogP contribution is -2.67. The molecule has 0 aromatic heterocycles. The Balaban J connectivity index is 2.36. The van der Waals surface area contributed by atoms with Gasteiger partial charge in [-0.15, -0.1) is 0 Å². The van der Waals surface area contributed by atoms with Gasteiger partial charge in [0.2, 0.25) is 0 Å². The van der Waals surface area contributed by atoms with E-state index in [4.69, 9.17) is 5.11 Å². The third-order valence-electron chi connectivity index (χ3n) is 2.92. The number of aliphatic hydroxyl groups is 2. The largest absolute Gasteiger partial charge is 0.395 e. The lowest BCUT2D eigenvalue weighted by atomic mass is 9.82. The van der Waals surface area contributed by atoms with E-state index in [0.29, 0.717) is 19.0 Å². The molecule has 0 aromatic rings. The van der Waals surface area contributed by atoms with Gasteiger partial charge in [-0.25, -0.2) is 0 Å². The average molecular weight is 173 g/mol. The Bertz CT molecular complexity index is 153. The zero-order valence-corrected chi connectivity index (χ0v) is 8.12. The van der Waals surface area contributed by atoms with Gasteiger partial charge >= 0.3 is 0 Å². The zero-order chi connectivity index (χ0) is 9.35. The Morgan fingerprint density at radius 1 is 1.33 bits per heavy atom. The van der Waals surface area contributed by atoms with Crippen LogP contribution in [0.4, 0.5) is 0 Å². The number of hydrogen-bond donors (Lipinski definition) is 2. The molecule has 3 nitrogen and oxygen atoms in total. The molecule has 1 rings (SSSR count). The van der Waals surface area contributed by atoms with Crippen molar-refractivity contribution in [2.45, 2.75) is 32.4 Å². The maximum atomic E-state index is 9.88. The van der Waals surface area contributed by atoms with E-state index in [-0.39, 0.29) is 12.6 Å². The molecule has 1 fully saturated rings. The molecular formula is C9H19NO2. The number of aliphatic hydroxyl groups excluding tert-OH is 1. The summed E-state index contributed by atoms with van der Waals surface area (Å²) in [5.74, 6) is 0.305. The minimum absolute atomic E-state index is 0.175. The summed E-state index contributed by atoms with van der Waals surface area (Å²) < 4.78 is 0. The van der Waals surface area contributed by atoms with Gasteiger partial charge in [-0.05, 0) is 12.8 Å². The molecular weight excluding hydrogens is 154 g/mol. The van der Waals surface area contributed by atoms with Gasteiger partial charge in [0, 0.05) is 19.1 Å². The zero-order valence-electron chi connectivity index (χ0n) is 8.12. The first-order valence-electron chi connectivity index (χ1n) is 4.57. The summed E-state index contributed by atoms with van der Waals surface area (Å²) in [4.78, 5) is 2.10. The van der Waals surface area contributed by atoms with E-state index in [9.17, 15) is 5.11 Å². The Kier molecular flexibility index (Phi) is 2.76. The maximum Gasteiger partial charge on any atom is 0.0923 e. The van der Waals surface area contributed by atoms with Crippen LogP contribution in [-0.2, 0) is 0 Å². The second kappa shape index (κ2) is 3.32. The summed E-state index contributed by atoms with van der Waals surface area (Å²) in [6.07, 6.45) is 0. The highest BCUT2D eigenvalue weighted by Gasteiger charge is 2.44. The summed E-state index contributed by atoms with van der Waals surface area (Å²) in [5, 5.41) is 18.7. The Hall–Kier alpha value is -0.120. The van der Waals surface area contributed by atoms with Gasteiger partial charge in [-0.3, -0.25) is 4.90 Å². The molecule has 0 amide bonds. The summed E-state index contributed by atoms with van der Waals surface area (Å²) in [5.41, 5.74) is -0.510. The van der Waals surface area contributed by atoms with E-state index in [2.05, 4.69) is 4.90 Å². The van der Waals surface area contributed by atoms with Crippen LogP contribution in [0.3, 0.4) is 0 Å². The molecule has 1 aliphatic rings. The SMILES string of the molecule is CC(CO)N1CC(O)(C(C)C)C1. The lowest BCUT2D eigenvalue weighted by Gasteiger charge is -2.51. The number of hydrogen-bond acceptors (Lipinski definition) is 3. The molecule has 12 heavy (non-hydrogen) atoms. The van der Waals surface area contributed by atoms with Crippen LogP contribution in [0.5, 0.6) is 0 Å². The molecule has 1 atom stereocenters. The fraction of sp³-hybridized carbons (Fsp3) is 1.00. The van der Waals surface area contributed by atoms with Crippen molar-refractivity contribution in [2.75, 3.05) is 19.7 Å². The van der Waals surface area contributed by atoms with Crippen molar-refractivity contribution in [1.82, 2.24) is 4.90 Å². The van der Waals surface area contributed by atoms with Crippen molar-refractivity contribution in [1.29, 1.82) is 0 Å². The second-order valence-electron chi connectivity index (χ2n) is 4.19. The number of rotatable bonds is 3. The Morgan fingerprint density at radius 3 is 2.17 bits per heavy atom. The highest BCUT2D eigenvalue weighted by Crippen LogP contribution is 2.29. The maximum absolute atomic E-state index is 9.88. The van der Waals surface area contributed by atoms with Gasteiger partial charge < -0.3 is 10.2 Å². The summed E-state index contributed by atoms with van der Waals surface area (Å²) in [6, 6.07) is 0.184. The van der Waals surface area contributed by atoms with Crippen molar-refractivity contribution in [3.05, 3.63) is 0 Å². The molecule has 0 saturated carbocycles. The first-order chi connectivity index (χ1) is 5.49. The van der Waals surface area contributed by atoms with Gasteiger partial charge in [0.15, 0.2) is 0 Å². The van der Waals surface area contributed by atoms with E-state index in [1.165, 1.54) is 0 Å². The van der Waals surface area contributed by atoms with E-state index >= 15 is 0 Å². The fourth-order valence-corrected chi connectivity index (χ4v) is 1.45. The van der Waals surface area contributed by atoms with Crippen LogP contribution in [0.2, 0.25) is 0 Å². The molecule has 0 bridgehead atoms. The van der Waals surface area contributed by atoms with E-state index in [1.807, 2.05) is 20.8 Å². The highest BCUT2D eigenvalue weighted by molar-refractivity contribution is 4.99. The lowest BCUT2D eigenvalue weighted by molar-refractivity contribution is -0.144. The summed E-state index contributed by atoms with van der Waals surface area (Å²) in [7, 11) is 0. The Labute approximate surface area is 74.0 Å². The summed E-state index contributed by atoms with van der Waals surface area (Å²) in [6.45, 7) is 7.61. The van der Waals surface area contributed by atoms with E-state index in [1.54, 1.807) is 0 Å². The van der Waals surface area contributed by atoms with Crippen molar-refractivity contribution in [3.8, 4) is 0 Å². The third-order valence-corrected chi connectivity index (χ3v) is 2.92. The molecule has 1 saturated heterocycles. The van der Waals surface area contributed by atoms with Gasteiger partial charge in [-0.2, -0.15) is 0 Å². The van der Waals surface area contributed by atoms with Crippen LogP contribution in [0.25, 0.3) is 0 Å². The molecule has 3 heteroatoms. The second-order valence-corrected chi connectivity index (χ2v) is 4.19. The molecule has 72 valence electrons. The van der Waals surface area contributed by atoms with Crippen molar-refractivity contribution >= 4 is 0 Å². The van der Waals surface area contributed by atoms with Gasteiger partial charge in [0.1, 0.15) is 0 Å². The third kappa shape index (κ3) is 1.63. The standard InChI is InChI=1S/C9H19NO2/c1-7(2)9(12)5-10(6-9)8(3)4-11/h7-8,11-12H,4-6H2,1-3H3. The molecule has 1 heterocycles. The first-order valence-corrected chi connectivity index (χ1v) is 4.57. The molecule has 0 aliphatic carbocycles. The first kappa shape index (κ1) is 9.96. The topological polar surface area (TPSA) is 43.7 Å². The van der Waals surface area contributed by atoms with Gasteiger partial charge in [0.25, 0.3) is 0 Å². The monoisotopic (exact) mass is 173 g/mol. The molecule has 0 spiro atoms. The summed E-state index contributed by atoms with van der Waals surface area (Å²) >= 11 is 0. The van der Waals surface area contributed by atoms with Crippen molar-refractivity contribution in [3.63, 3.8) is 0 Å². The molecule has 0 aromatic carbocycles. The smallest absolute Gasteiger partial charge is 0.0923 e. The average Bonchev–Trinajstić information content (AvgIpc) is 1.96. The fourth-order valence-electron chi connectivity index (χ4n) is 1.45. The normalized spacial score (nSPS) is 25.5. The number of β-amino-alcohol motifs (C(OH)–C–C–N with tert-alkyl or cyclic N) is 1. The Morgan fingerprint density at radius 2 is 1.83 bits per heavy atom. The molecule has 0 radical (unpaired) electrons.